The van der Waals surface area contributed by atoms with Gasteiger partial charge in [0, 0.05) is 25.5 Å². The third-order valence-electron chi connectivity index (χ3n) is 5.17. The number of imidazole rings is 1. The zero-order valence-corrected chi connectivity index (χ0v) is 16.5. The smallest absolute Gasteiger partial charge is 0.318 e. The molecule has 1 fully saturated rings. The minimum Gasteiger partial charge on any atom is -0.352 e. The van der Waals surface area contributed by atoms with Crippen molar-refractivity contribution >= 4 is 11.9 Å². The average molecular weight is 407 g/mol. The second-order valence-corrected chi connectivity index (χ2v) is 7.15. The zero-order chi connectivity index (χ0) is 21.1. The number of hydrogen-bond acceptors (Lipinski definition) is 3. The molecule has 8 heteroatoms. The van der Waals surface area contributed by atoms with Crippen LogP contribution in [0.15, 0.2) is 60.9 Å². The first-order chi connectivity index (χ1) is 14.5. The Hall–Kier alpha value is -3.68. The number of carbonyl (C=O) groups excluding carboxylic acids is 2. The summed E-state index contributed by atoms with van der Waals surface area (Å²) in [6.07, 6.45) is 3.31. The Morgan fingerprint density at radius 1 is 1.27 bits per heavy atom. The Labute approximate surface area is 173 Å². The largest absolute Gasteiger partial charge is 0.352 e. The number of amides is 3. The molecule has 1 unspecified atom stereocenters. The molecule has 0 saturated carbocycles. The molecule has 0 radical (unpaired) electrons. The molecule has 7 nitrogen and oxygen atoms in total. The van der Waals surface area contributed by atoms with Crippen molar-refractivity contribution in [1.29, 1.82) is 0 Å². The number of aryl methyl sites for hydroxylation is 1. The first-order valence-corrected chi connectivity index (χ1v) is 9.68. The highest BCUT2D eigenvalue weighted by Gasteiger charge is 2.31. The molecule has 3 amide bonds. The molecular weight excluding hydrogens is 385 g/mol. The van der Waals surface area contributed by atoms with Gasteiger partial charge in [-0.3, -0.25) is 4.79 Å². The number of halogens is 1. The van der Waals surface area contributed by atoms with Crippen LogP contribution in [0.5, 0.6) is 0 Å². The molecule has 1 atom stereocenters. The summed E-state index contributed by atoms with van der Waals surface area (Å²) in [5, 5.41) is 5.61. The van der Waals surface area contributed by atoms with E-state index >= 15 is 0 Å². The van der Waals surface area contributed by atoms with Gasteiger partial charge in [-0.05, 0) is 30.2 Å². The second-order valence-electron chi connectivity index (χ2n) is 7.15. The number of benzene rings is 2. The van der Waals surface area contributed by atoms with E-state index in [0.29, 0.717) is 23.6 Å². The van der Waals surface area contributed by atoms with E-state index in [9.17, 15) is 14.0 Å². The fourth-order valence-corrected chi connectivity index (χ4v) is 3.60. The summed E-state index contributed by atoms with van der Waals surface area (Å²) in [7, 11) is 0. The van der Waals surface area contributed by atoms with Crippen LogP contribution in [0.4, 0.5) is 9.18 Å². The Bertz CT molecular complexity index is 1070. The standard InChI is InChI=1S/C22H22FN5O2/c1-15-24-9-10-27(15)19-8-7-16(11-18(19)23)12-26-22(30)28-14-21(29)25-13-20(28)17-5-3-2-4-6-17/h2-11,20H,12-14H2,1H3,(H,25,29)(H,26,30). The molecule has 1 aliphatic heterocycles. The Morgan fingerprint density at radius 2 is 2.07 bits per heavy atom. The van der Waals surface area contributed by atoms with E-state index in [1.165, 1.54) is 11.0 Å². The number of hydrogen-bond donors (Lipinski definition) is 2. The number of nitrogens with zero attached hydrogens (tertiary/aromatic N) is 3. The molecule has 2 heterocycles. The van der Waals surface area contributed by atoms with Gasteiger partial charge in [0.2, 0.25) is 5.91 Å². The second kappa shape index (κ2) is 8.36. The van der Waals surface area contributed by atoms with Gasteiger partial charge in [-0.2, -0.15) is 0 Å². The molecule has 1 saturated heterocycles. The highest BCUT2D eigenvalue weighted by Crippen LogP contribution is 2.22. The summed E-state index contributed by atoms with van der Waals surface area (Å²) in [4.78, 5) is 30.3. The molecule has 30 heavy (non-hydrogen) atoms. The summed E-state index contributed by atoms with van der Waals surface area (Å²) >= 11 is 0. The molecule has 3 aromatic rings. The molecule has 2 aromatic carbocycles. The highest BCUT2D eigenvalue weighted by atomic mass is 19.1. The predicted octanol–water partition coefficient (Wildman–Crippen LogP) is 2.70. The topological polar surface area (TPSA) is 79.3 Å². The first kappa shape index (κ1) is 19.6. The van der Waals surface area contributed by atoms with Crippen molar-refractivity contribution in [1.82, 2.24) is 25.1 Å². The van der Waals surface area contributed by atoms with E-state index in [-0.39, 0.29) is 31.1 Å². The van der Waals surface area contributed by atoms with Crippen molar-refractivity contribution in [3.63, 3.8) is 0 Å². The quantitative estimate of drug-likeness (QED) is 0.698. The first-order valence-electron chi connectivity index (χ1n) is 9.68. The normalized spacial score (nSPS) is 16.3. The summed E-state index contributed by atoms with van der Waals surface area (Å²) < 4.78 is 16.2. The van der Waals surface area contributed by atoms with Gasteiger partial charge < -0.3 is 20.1 Å². The number of carbonyl (C=O) groups is 2. The van der Waals surface area contributed by atoms with Crippen LogP contribution in [-0.4, -0.2) is 39.5 Å². The van der Waals surface area contributed by atoms with Gasteiger partial charge in [-0.25, -0.2) is 14.2 Å². The molecule has 4 rings (SSSR count). The third kappa shape index (κ3) is 4.03. The van der Waals surface area contributed by atoms with Gasteiger partial charge in [0.1, 0.15) is 18.2 Å². The van der Waals surface area contributed by atoms with Crippen molar-refractivity contribution in [3.8, 4) is 5.69 Å². The van der Waals surface area contributed by atoms with Crippen LogP contribution in [0.25, 0.3) is 5.69 Å². The fourth-order valence-electron chi connectivity index (χ4n) is 3.60. The lowest BCUT2D eigenvalue weighted by atomic mass is 10.0. The fraction of sp³-hybridized carbons (Fsp3) is 0.227. The molecule has 0 aliphatic carbocycles. The summed E-state index contributed by atoms with van der Waals surface area (Å²) in [6, 6.07) is 13.7. The number of aromatic nitrogens is 2. The van der Waals surface area contributed by atoms with Crippen LogP contribution < -0.4 is 10.6 Å². The molecule has 1 aromatic heterocycles. The zero-order valence-electron chi connectivity index (χ0n) is 16.5. The van der Waals surface area contributed by atoms with Gasteiger partial charge in [-0.1, -0.05) is 36.4 Å². The predicted molar refractivity (Wildman–Crippen MR) is 109 cm³/mol. The Balaban J connectivity index is 1.46. The lowest BCUT2D eigenvalue weighted by Gasteiger charge is -2.35. The maximum absolute atomic E-state index is 14.6. The third-order valence-corrected chi connectivity index (χ3v) is 5.17. The number of nitrogens with one attached hydrogen (secondary N) is 2. The number of urea groups is 1. The van der Waals surface area contributed by atoms with Crippen LogP contribution in [0, 0.1) is 12.7 Å². The Kier molecular flexibility index (Phi) is 5.47. The van der Waals surface area contributed by atoms with Crippen LogP contribution >= 0.6 is 0 Å². The molecule has 0 spiro atoms. The SMILES string of the molecule is Cc1nccn1-c1ccc(CNC(=O)N2CC(=O)NCC2c2ccccc2)cc1F. The maximum atomic E-state index is 14.6. The van der Waals surface area contributed by atoms with Gasteiger partial charge >= 0.3 is 6.03 Å². The molecule has 2 N–H and O–H groups in total. The number of rotatable bonds is 4. The van der Waals surface area contributed by atoms with E-state index in [1.807, 2.05) is 30.3 Å². The van der Waals surface area contributed by atoms with Crippen molar-refractivity contribution in [2.75, 3.05) is 13.1 Å². The van der Waals surface area contributed by atoms with Gasteiger partial charge in [0.05, 0.1) is 11.7 Å². The lowest BCUT2D eigenvalue weighted by Crippen LogP contribution is -2.54. The van der Waals surface area contributed by atoms with Crippen LogP contribution in [-0.2, 0) is 11.3 Å². The van der Waals surface area contributed by atoms with E-state index in [4.69, 9.17) is 0 Å². The average Bonchev–Trinajstić information content (AvgIpc) is 3.18. The molecule has 154 valence electrons. The molecule has 0 bridgehead atoms. The maximum Gasteiger partial charge on any atom is 0.318 e. The van der Waals surface area contributed by atoms with Gasteiger partial charge in [-0.15, -0.1) is 0 Å². The Morgan fingerprint density at radius 3 is 2.77 bits per heavy atom. The van der Waals surface area contributed by atoms with E-state index in [0.717, 1.165) is 5.56 Å². The minimum atomic E-state index is -0.401. The number of piperazine rings is 1. The highest BCUT2D eigenvalue weighted by molar-refractivity contribution is 5.85. The summed E-state index contributed by atoms with van der Waals surface area (Å²) in [6.45, 7) is 2.27. The minimum absolute atomic E-state index is 0.0292. The van der Waals surface area contributed by atoms with Gasteiger partial charge in [0.25, 0.3) is 0 Å². The van der Waals surface area contributed by atoms with Crippen LogP contribution in [0.2, 0.25) is 0 Å². The van der Waals surface area contributed by atoms with E-state index in [2.05, 4.69) is 15.6 Å². The molecular formula is C22H22FN5O2. The van der Waals surface area contributed by atoms with Crippen LogP contribution in [0.1, 0.15) is 23.0 Å². The van der Waals surface area contributed by atoms with E-state index in [1.54, 1.807) is 36.0 Å². The van der Waals surface area contributed by atoms with Crippen molar-refractivity contribution in [3.05, 3.63) is 83.7 Å². The van der Waals surface area contributed by atoms with Crippen molar-refractivity contribution < 1.29 is 14.0 Å². The van der Waals surface area contributed by atoms with Gasteiger partial charge in [0.15, 0.2) is 0 Å². The van der Waals surface area contributed by atoms with Crippen molar-refractivity contribution in [2.45, 2.75) is 19.5 Å². The lowest BCUT2D eigenvalue weighted by molar-refractivity contribution is -0.124. The summed E-state index contributed by atoms with van der Waals surface area (Å²) in [5.41, 5.74) is 1.97. The van der Waals surface area contributed by atoms with Crippen LogP contribution in [0.3, 0.4) is 0 Å². The van der Waals surface area contributed by atoms with E-state index < -0.39 is 5.82 Å². The van der Waals surface area contributed by atoms with Crippen molar-refractivity contribution in [2.24, 2.45) is 0 Å². The summed E-state index contributed by atoms with van der Waals surface area (Å²) in [5.74, 6) is 0.0797. The monoisotopic (exact) mass is 407 g/mol. The molecule has 1 aliphatic rings.